The second kappa shape index (κ2) is 3.94. The number of carbonyl (C=O) groups excluding carboxylic acids is 1. The van der Waals surface area contributed by atoms with Gasteiger partial charge in [-0.3, -0.25) is 4.79 Å². The lowest BCUT2D eigenvalue weighted by molar-refractivity contribution is -0.120. The Morgan fingerprint density at radius 1 is 1.60 bits per heavy atom. The van der Waals surface area contributed by atoms with E-state index in [9.17, 15) is 4.79 Å². The van der Waals surface area contributed by atoms with E-state index in [0.717, 1.165) is 30.0 Å². The summed E-state index contributed by atoms with van der Waals surface area (Å²) in [7, 11) is 1.89. The molecule has 0 spiro atoms. The molecule has 0 atom stereocenters. The number of anilines is 1. The zero-order chi connectivity index (χ0) is 10.9. The van der Waals surface area contributed by atoms with E-state index in [1.54, 1.807) is 11.3 Å². The number of aryl methyl sites for hydroxylation is 1. The molecule has 0 aromatic carbocycles. The Bertz CT molecular complexity index is 368. The normalized spacial score (nSPS) is 17.5. The minimum absolute atomic E-state index is 0.134. The number of nitrogens with one attached hydrogen (secondary N) is 2. The van der Waals surface area contributed by atoms with E-state index in [1.165, 1.54) is 0 Å². The highest BCUT2D eigenvalue weighted by molar-refractivity contribution is 7.14. The van der Waals surface area contributed by atoms with Crippen LogP contribution in [-0.4, -0.2) is 19.5 Å². The van der Waals surface area contributed by atoms with Gasteiger partial charge in [-0.05, 0) is 43.8 Å². The molecular weight excluding hydrogens is 208 g/mol. The number of thiophene rings is 1. The summed E-state index contributed by atoms with van der Waals surface area (Å²) in [4.78, 5) is 12.0. The van der Waals surface area contributed by atoms with Crippen LogP contribution in [0.3, 0.4) is 0 Å². The molecule has 1 amide bonds. The number of hydrogen-bond acceptors (Lipinski definition) is 3. The van der Waals surface area contributed by atoms with Gasteiger partial charge in [-0.1, -0.05) is 0 Å². The summed E-state index contributed by atoms with van der Waals surface area (Å²) in [5.41, 5.74) is 1.01. The maximum Gasteiger partial charge on any atom is 0.232 e. The monoisotopic (exact) mass is 224 g/mol. The lowest BCUT2D eigenvalue weighted by Crippen LogP contribution is -2.32. The average molecular weight is 224 g/mol. The number of amides is 1. The molecule has 15 heavy (non-hydrogen) atoms. The molecule has 1 aromatic rings. The van der Waals surface area contributed by atoms with E-state index in [1.807, 2.05) is 25.4 Å². The quantitative estimate of drug-likeness (QED) is 0.821. The van der Waals surface area contributed by atoms with E-state index in [4.69, 9.17) is 0 Å². The van der Waals surface area contributed by atoms with Gasteiger partial charge in [-0.2, -0.15) is 0 Å². The van der Waals surface area contributed by atoms with Crippen molar-refractivity contribution < 1.29 is 4.79 Å². The minimum atomic E-state index is -0.134. The van der Waals surface area contributed by atoms with Crippen LogP contribution in [0.1, 0.15) is 18.4 Å². The standard InChI is InChI=1S/C11H16N2OS/c1-8-3-6-15-9(8)13-10(14)11(4-5-11)7-12-2/h3,6,12H,4-5,7H2,1-2H3,(H,13,14). The zero-order valence-corrected chi connectivity index (χ0v) is 9.91. The summed E-state index contributed by atoms with van der Waals surface area (Å²) in [6, 6.07) is 2.03. The Morgan fingerprint density at radius 3 is 2.80 bits per heavy atom. The molecule has 1 aliphatic carbocycles. The smallest absolute Gasteiger partial charge is 0.232 e. The van der Waals surface area contributed by atoms with Gasteiger partial charge >= 0.3 is 0 Å². The molecule has 0 saturated heterocycles. The molecular formula is C11H16N2OS. The van der Waals surface area contributed by atoms with E-state index in [0.29, 0.717) is 0 Å². The van der Waals surface area contributed by atoms with Crippen LogP contribution in [-0.2, 0) is 4.79 Å². The van der Waals surface area contributed by atoms with Crippen LogP contribution in [0.2, 0.25) is 0 Å². The molecule has 2 rings (SSSR count). The lowest BCUT2D eigenvalue weighted by atomic mass is 10.1. The van der Waals surface area contributed by atoms with Crippen molar-refractivity contribution in [2.24, 2.45) is 5.41 Å². The maximum absolute atomic E-state index is 12.0. The summed E-state index contributed by atoms with van der Waals surface area (Å²) in [6.07, 6.45) is 2.01. The Balaban J connectivity index is 2.01. The number of carbonyl (C=O) groups is 1. The molecule has 82 valence electrons. The summed E-state index contributed by atoms with van der Waals surface area (Å²) >= 11 is 1.59. The fraction of sp³-hybridized carbons (Fsp3) is 0.545. The van der Waals surface area contributed by atoms with Gasteiger partial charge in [0.1, 0.15) is 0 Å². The van der Waals surface area contributed by atoms with E-state index >= 15 is 0 Å². The molecule has 0 bridgehead atoms. The third-order valence-electron chi connectivity index (χ3n) is 2.94. The molecule has 0 radical (unpaired) electrons. The molecule has 4 heteroatoms. The van der Waals surface area contributed by atoms with E-state index < -0.39 is 0 Å². The van der Waals surface area contributed by atoms with E-state index in [-0.39, 0.29) is 11.3 Å². The highest BCUT2D eigenvalue weighted by Crippen LogP contribution is 2.46. The topological polar surface area (TPSA) is 41.1 Å². The first-order valence-electron chi connectivity index (χ1n) is 5.18. The summed E-state index contributed by atoms with van der Waals surface area (Å²) < 4.78 is 0. The van der Waals surface area contributed by atoms with E-state index in [2.05, 4.69) is 10.6 Å². The van der Waals surface area contributed by atoms with Crippen LogP contribution < -0.4 is 10.6 Å². The third-order valence-corrected chi connectivity index (χ3v) is 3.87. The van der Waals surface area contributed by atoms with Crippen molar-refractivity contribution in [2.75, 3.05) is 18.9 Å². The molecule has 3 nitrogen and oxygen atoms in total. The molecule has 1 fully saturated rings. The van der Waals surface area contributed by atoms with Crippen molar-refractivity contribution in [2.45, 2.75) is 19.8 Å². The first-order chi connectivity index (χ1) is 7.18. The SMILES string of the molecule is CNCC1(C(=O)Nc2sccc2C)CC1. The van der Waals surface area contributed by atoms with Gasteiger partial charge in [-0.25, -0.2) is 0 Å². The molecule has 0 unspecified atom stereocenters. The van der Waals surface area contributed by atoms with Crippen molar-refractivity contribution in [3.8, 4) is 0 Å². The zero-order valence-electron chi connectivity index (χ0n) is 9.09. The molecule has 1 heterocycles. The van der Waals surface area contributed by atoms with Crippen molar-refractivity contribution in [3.05, 3.63) is 17.0 Å². The van der Waals surface area contributed by atoms with Gasteiger partial charge < -0.3 is 10.6 Å². The number of rotatable bonds is 4. The first-order valence-corrected chi connectivity index (χ1v) is 6.06. The Kier molecular flexibility index (Phi) is 2.80. The second-order valence-electron chi connectivity index (χ2n) is 4.20. The van der Waals surface area contributed by atoms with Gasteiger partial charge in [0.2, 0.25) is 5.91 Å². The predicted molar refractivity (Wildman–Crippen MR) is 63.3 cm³/mol. The van der Waals surface area contributed by atoms with Crippen LogP contribution in [0.4, 0.5) is 5.00 Å². The minimum Gasteiger partial charge on any atom is -0.319 e. The highest BCUT2D eigenvalue weighted by atomic mass is 32.1. The fourth-order valence-electron chi connectivity index (χ4n) is 1.71. The Hall–Kier alpha value is -0.870. The molecule has 1 aromatic heterocycles. The number of hydrogen-bond donors (Lipinski definition) is 2. The molecule has 0 aliphatic heterocycles. The van der Waals surface area contributed by atoms with Crippen LogP contribution >= 0.6 is 11.3 Å². The van der Waals surface area contributed by atoms with Crippen LogP contribution in [0.15, 0.2) is 11.4 Å². The molecule has 1 aliphatic rings. The summed E-state index contributed by atoms with van der Waals surface area (Å²) in [6.45, 7) is 2.80. The van der Waals surface area contributed by atoms with Gasteiger partial charge in [-0.15, -0.1) is 11.3 Å². The van der Waals surface area contributed by atoms with Crippen molar-refractivity contribution in [3.63, 3.8) is 0 Å². The third kappa shape index (κ3) is 2.06. The van der Waals surface area contributed by atoms with Gasteiger partial charge in [0.25, 0.3) is 0 Å². The van der Waals surface area contributed by atoms with Gasteiger partial charge in [0.05, 0.1) is 10.4 Å². The summed E-state index contributed by atoms with van der Waals surface area (Å²) in [5.74, 6) is 0.169. The lowest BCUT2D eigenvalue weighted by Gasteiger charge is -2.14. The fourth-order valence-corrected chi connectivity index (χ4v) is 2.52. The Morgan fingerprint density at radius 2 is 2.33 bits per heavy atom. The first kappa shape index (κ1) is 10.6. The molecule has 2 N–H and O–H groups in total. The van der Waals surface area contributed by atoms with Crippen LogP contribution in [0.25, 0.3) is 0 Å². The van der Waals surface area contributed by atoms with Crippen LogP contribution in [0.5, 0.6) is 0 Å². The largest absolute Gasteiger partial charge is 0.319 e. The average Bonchev–Trinajstić information content (AvgIpc) is 2.88. The summed E-state index contributed by atoms with van der Waals surface area (Å²) in [5, 5.41) is 9.10. The second-order valence-corrected chi connectivity index (χ2v) is 5.11. The highest BCUT2D eigenvalue weighted by Gasteiger charge is 2.49. The van der Waals surface area contributed by atoms with Crippen molar-refractivity contribution in [1.82, 2.24) is 5.32 Å². The predicted octanol–water partition coefficient (Wildman–Crippen LogP) is 1.99. The van der Waals surface area contributed by atoms with Gasteiger partial charge in [0, 0.05) is 6.54 Å². The Labute approximate surface area is 93.9 Å². The van der Waals surface area contributed by atoms with Crippen LogP contribution in [0, 0.1) is 12.3 Å². The maximum atomic E-state index is 12.0. The van der Waals surface area contributed by atoms with Gasteiger partial charge in [0.15, 0.2) is 0 Å². The van der Waals surface area contributed by atoms with Crippen molar-refractivity contribution >= 4 is 22.2 Å². The van der Waals surface area contributed by atoms with Crippen molar-refractivity contribution in [1.29, 1.82) is 0 Å². The molecule has 1 saturated carbocycles.